The van der Waals surface area contributed by atoms with Gasteiger partial charge in [0.15, 0.2) is 5.58 Å². The molecule has 0 spiro atoms. The van der Waals surface area contributed by atoms with Gasteiger partial charge in [0.2, 0.25) is 0 Å². The van der Waals surface area contributed by atoms with E-state index in [1.54, 1.807) is 15.9 Å². The van der Waals surface area contributed by atoms with Crippen molar-refractivity contribution in [3.05, 3.63) is 64.1 Å². The number of fused-ring (bicyclic) bond motifs is 2. The molecule has 0 aliphatic carbocycles. The Morgan fingerprint density at radius 3 is 2.92 bits per heavy atom. The lowest BCUT2D eigenvalue weighted by Gasteiger charge is -2.22. The summed E-state index contributed by atoms with van der Waals surface area (Å²) < 4.78 is 8.31. The molecule has 0 radical (unpaired) electrons. The Kier molecular flexibility index (Phi) is 3.46. The minimum Gasteiger partial charge on any atom is -0.408 e. The van der Waals surface area contributed by atoms with Gasteiger partial charge in [0.1, 0.15) is 5.01 Å². The number of hydrogen-bond acceptors (Lipinski definition) is 5. The van der Waals surface area contributed by atoms with Gasteiger partial charge in [-0.2, -0.15) is 0 Å². The lowest BCUT2D eigenvalue weighted by atomic mass is 10.2. The standard InChI is InChI=1S/C19H17N3O2S/c23-19-22(14-7-2-3-9-16(14)24-19)12-21-11-5-8-15(21)18-20-13-6-1-4-10-17(13)25-18/h1-4,6-7,9-10,15H,5,8,11-12H2/t15-/m0/s1. The molecular formula is C19H17N3O2S. The lowest BCUT2D eigenvalue weighted by Crippen LogP contribution is -2.30. The zero-order valence-electron chi connectivity index (χ0n) is 13.6. The van der Waals surface area contributed by atoms with E-state index in [9.17, 15) is 4.79 Å². The molecular weight excluding hydrogens is 334 g/mol. The highest BCUT2D eigenvalue weighted by Gasteiger charge is 2.29. The van der Waals surface area contributed by atoms with Crippen LogP contribution >= 0.6 is 11.3 Å². The average Bonchev–Trinajstić information content (AvgIpc) is 3.32. The fourth-order valence-corrected chi connectivity index (χ4v) is 4.77. The van der Waals surface area contributed by atoms with Crippen molar-refractivity contribution < 1.29 is 4.42 Å². The molecule has 6 heteroatoms. The number of aromatic nitrogens is 2. The van der Waals surface area contributed by atoms with Crippen molar-refractivity contribution in [3.63, 3.8) is 0 Å². The topological polar surface area (TPSA) is 51.3 Å². The van der Waals surface area contributed by atoms with E-state index in [1.165, 1.54) is 4.70 Å². The zero-order chi connectivity index (χ0) is 16.8. The third-order valence-electron chi connectivity index (χ3n) is 4.86. The first-order valence-corrected chi connectivity index (χ1v) is 9.29. The van der Waals surface area contributed by atoms with Crippen molar-refractivity contribution in [1.82, 2.24) is 14.5 Å². The van der Waals surface area contributed by atoms with Gasteiger partial charge in [0, 0.05) is 6.54 Å². The fraction of sp³-hybridized carbons (Fsp3) is 0.263. The van der Waals surface area contributed by atoms with Crippen molar-refractivity contribution >= 4 is 32.7 Å². The fourth-order valence-electron chi connectivity index (χ4n) is 3.64. The smallest absolute Gasteiger partial charge is 0.408 e. The van der Waals surface area contributed by atoms with Crippen molar-refractivity contribution in [2.24, 2.45) is 0 Å². The number of nitrogens with zero attached hydrogens (tertiary/aromatic N) is 3. The summed E-state index contributed by atoms with van der Waals surface area (Å²) in [5.41, 5.74) is 2.55. The van der Waals surface area contributed by atoms with E-state index < -0.39 is 0 Å². The van der Waals surface area contributed by atoms with Gasteiger partial charge in [-0.05, 0) is 37.1 Å². The van der Waals surface area contributed by atoms with Crippen LogP contribution in [0, 0.1) is 0 Å². The maximum atomic E-state index is 12.3. The Morgan fingerprint density at radius 2 is 2.00 bits per heavy atom. The van der Waals surface area contributed by atoms with Gasteiger partial charge in [0.05, 0.1) is 28.4 Å². The molecule has 126 valence electrons. The van der Waals surface area contributed by atoms with E-state index in [1.807, 2.05) is 36.4 Å². The molecule has 0 unspecified atom stereocenters. The zero-order valence-corrected chi connectivity index (χ0v) is 14.4. The minimum absolute atomic E-state index is 0.262. The molecule has 0 amide bonds. The second-order valence-corrected chi connectivity index (χ2v) is 7.46. The van der Waals surface area contributed by atoms with E-state index in [4.69, 9.17) is 9.40 Å². The van der Waals surface area contributed by atoms with Gasteiger partial charge < -0.3 is 4.42 Å². The van der Waals surface area contributed by atoms with Crippen LogP contribution in [0.15, 0.2) is 57.7 Å². The number of rotatable bonds is 3. The molecule has 1 atom stereocenters. The molecule has 3 heterocycles. The first-order valence-electron chi connectivity index (χ1n) is 8.47. The van der Waals surface area contributed by atoms with Gasteiger partial charge in [-0.15, -0.1) is 11.3 Å². The van der Waals surface area contributed by atoms with E-state index in [0.29, 0.717) is 12.3 Å². The number of hydrogen-bond donors (Lipinski definition) is 0. The summed E-state index contributed by atoms with van der Waals surface area (Å²) in [7, 11) is 0. The molecule has 1 fully saturated rings. The maximum absolute atomic E-state index is 12.3. The van der Waals surface area contributed by atoms with Crippen LogP contribution in [0.3, 0.4) is 0 Å². The van der Waals surface area contributed by atoms with Gasteiger partial charge >= 0.3 is 5.76 Å². The van der Waals surface area contributed by atoms with Crippen LogP contribution < -0.4 is 5.76 Å². The normalized spacial score (nSPS) is 18.5. The lowest BCUT2D eigenvalue weighted by molar-refractivity contribution is 0.198. The Labute approximate surface area is 148 Å². The van der Waals surface area contributed by atoms with Crippen LogP contribution in [-0.2, 0) is 6.67 Å². The summed E-state index contributed by atoms with van der Waals surface area (Å²) in [6.45, 7) is 1.50. The highest BCUT2D eigenvalue weighted by Crippen LogP contribution is 2.36. The number of likely N-dealkylation sites (tertiary alicyclic amines) is 1. The number of oxazole rings is 1. The highest BCUT2D eigenvalue weighted by molar-refractivity contribution is 7.18. The Balaban J connectivity index is 1.50. The van der Waals surface area contributed by atoms with Crippen LogP contribution in [0.25, 0.3) is 21.3 Å². The molecule has 0 saturated carbocycles. The second kappa shape index (κ2) is 5.82. The van der Waals surface area contributed by atoms with Gasteiger partial charge in [-0.25, -0.2) is 9.78 Å². The summed E-state index contributed by atoms with van der Waals surface area (Å²) in [6.07, 6.45) is 2.19. The maximum Gasteiger partial charge on any atom is 0.421 e. The van der Waals surface area contributed by atoms with Crippen LogP contribution in [0.1, 0.15) is 23.9 Å². The van der Waals surface area contributed by atoms with Crippen LogP contribution in [-0.4, -0.2) is 21.0 Å². The van der Waals surface area contributed by atoms with Crippen LogP contribution in [0.5, 0.6) is 0 Å². The van der Waals surface area contributed by atoms with E-state index in [2.05, 4.69) is 17.0 Å². The van der Waals surface area contributed by atoms with Crippen molar-refractivity contribution in [2.75, 3.05) is 6.54 Å². The first kappa shape index (κ1) is 14.9. The molecule has 1 saturated heterocycles. The summed E-state index contributed by atoms with van der Waals surface area (Å²) in [4.78, 5) is 19.4. The second-order valence-electron chi connectivity index (χ2n) is 6.40. The van der Waals surface area contributed by atoms with Gasteiger partial charge in [0.25, 0.3) is 0 Å². The van der Waals surface area contributed by atoms with E-state index >= 15 is 0 Å². The quantitative estimate of drug-likeness (QED) is 0.560. The summed E-state index contributed by atoms with van der Waals surface area (Å²) >= 11 is 1.76. The molecule has 1 aliphatic heterocycles. The van der Waals surface area contributed by atoms with Crippen LogP contribution in [0.4, 0.5) is 0 Å². The Morgan fingerprint density at radius 1 is 1.16 bits per heavy atom. The van der Waals surface area contributed by atoms with Crippen LogP contribution in [0.2, 0.25) is 0 Å². The highest BCUT2D eigenvalue weighted by atomic mass is 32.1. The van der Waals surface area contributed by atoms with E-state index in [-0.39, 0.29) is 11.8 Å². The van der Waals surface area contributed by atoms with Crippen molar-refractivity contribution in [2.45, 2.75) is 25.6 Å². The van der Waals surface area contributed by atoms with Crippen molar-refractivity contribution in [3.8, 4) is 0 Å². The molecule has 0 bridgehead atoms. The SMILES string of the molecule is O=c1oc2ccccc2n1CN1CCC[C@H]1c1nc2ccccc2s1. The molecule has 5 rings (SSSR count). The number of para-hydroxylation sites is 3. The molecule has 25 heavy (non-hydrogen) atoms. The first-order chi connectivity index (χ1) is 12.3. The van der Waals surface area contributed by atoms with Crippen molar-refractivity contribution in [1.29, 1.82) is 0 Å². The monoisotopic (exact) mass is 351 g/mol. The summed E-state index contributed by atoms with van der Waals surface area (Å²) in [6, 6.07) is 16.1. The Bertz CT molecular complexity index is 1080. The molecule has 5 nitrogen and oxygen atoms in total. The van der Waals surface area contributed by atoms with Gasteiger partial charge in [-0.3, -0.25) is 9.47 Å². The minimum atomic E-state index is -0.295. The molecule has 2 aromatic heterocycles. The number of thiazole rings is 1. The predicted molar refractivity (Wildman–Crippen MR) is 98.8 cm³/mol. The Hall–Kier alpha value is -2.44. The summed E-state index contributed by atoms with van der Waals surface area (Å²) in [5, 5.41) is 1.14. The van der Waals surface area contributed by atoms with Gasteiger partial charge in [-0.1, -0.05) is 24.3 Å². The third-order valence-corrected chi connectivity index (χ3v) is 5.99. The summed E-state index contributed by atoms with van der Waals surface area (Å²) in [5.74, 6) is -0.295. The predicted octanol–water partition coefficient (Wildman–Crippen LogP) is 4.00. The third kappa shape index (κ3) is 2.49. The average molecular weight is 351 g/mol. The largest absolute Gasteiger partial charge is 0.421 e. The number of benzene rings is 2. The molecule has 4 aromatic rings. The molecule has 1 aliphatic rings. The molecule has 0 N–H and O–H groups in total. The molecule has 2 aromatic carbocycles. The van der Waals surface area contributed by atoms with E-state index in [0.717, 1.165) is 35.4 Å².